The molecule has 0 saturated heterocycles. The highest BCUT2D eigenvalue weighted by atomic mass is 32.3. The third-order valence-electron chi connectivity index (χ3n) is 1.44. The van der Waals surface area contributed by atoms with Crippen LogP contribution >= 0.6 is 0 Å². The first-order valence-electron chi connectivity index (χ1n) is 4.58. The fourth-order valence-corrected chi connectivity index (χ4v) is 0.841. The molecule has 9 N–H and O–H groups in total. The van der Waals surface area contributed by atoms with Gasteiger partial charge in [-0.2, -0.15) is 8.42 Å². The van der Waals surface area contributed by atoms with E-state index in [9.17, 15) is 0 Å². The van der Waals surface area contributed by atoms with Gasteiger partial charge in [-0.25, -0.2) is 0 Å². The first-order chi connectivity index (χ1) is 6.27. The van der Waals surface area contributed by atoms with Crippen LogP contribution in [0.15, 0.2) is 0 Å². The second kappa shape index (κ2) is 14.8. The van der Waals surface area contributed by atoms with E-state index in [0.29, 0.717) is 6.61 Å². The molecule has 0 aliphatic heterocycles. The lowest BCUT2D eigenvalue weighted by atomic mass is 10.1. The maximum absolute atomic E-state index is 8.74. The Bertz CT molecular complexity index is 198. The molecule has 0 aromatic rings. The Labute approximate surface area is 98.0 Å². The van der Waals surface area contributed by atoms with E-state index in [0.717, 1.165) is 12.3 Å². The molecule has 7 nitrogen and oxygen atoms in total. The van der Waals surface area contributed by atoms with Gasteiger partial charge in [0.05, 0.1) is 0 Å². The summed E-state index contributed by atoms with van der Waals surface area (Å²) in [4.78, 5) is 0. The molecule has 104 valence electrons. The highest BCUT2D eigenvalue weighted by Crippen LogP contribution is 2.06. The molecule has 16 heavy (non-hydrogen) atoms. The van der Waals surface area contributed by atoms with Crippen molar-refractivity contribution < 1.29 is 22.6 Å². The number of rotatable bonds is 5. The van der Waals surface area contributed by atoms with Crippen LogP contribution in [0.1, 0.15) is 39.5 Å². The first kappa shape index (κ1) is 24.8. The molecule has 0 aliphatic rings. The lowest BCUT2D eigenvalue weighted by Gasteiger charge is -2.01. The highest BCUT2D eigenvalue weighted by molar-refractivity contribution is 7.79. The monoisotopic (exact) mass is 262 g/mol. The summed E-state index contributed by atoms with van der Waals surface area (Å²) in [6.45, 7) is 4.83. The van der Waals surface area contributed by atoms with Crippen molar-refractivity contribution in [1.82, 2.24) is 12.3 Å². The zero-order chi connectivity index (χ0) is 11.6. The van der Waals surface area contributed by atoms with Crippen molar-refractivity contribution >= 4 is 10.4 Å². The molecule has 0 atom stereocenters. The number of aliphatic hydroxyl groups excluding tert-OH is 1. The van der Waals surface area contributed by atoms with E-state index in [1.165, 1.54) is 19.3 Å². The Balaban J connectivity index is -0.0000000904. The topological polar surface area (TPSA) is 165 Å². The molecule has 0 spiro atoms. The first-order valence-corrected chi connectivity index (χ1v) is 5.97. The van der Waals surface area contributed by atoms with Crippen molar-refractivity contribution in [2.24, 2.45) is 5.92 Å². The fraction of sp³-hybridized carbons (Fsp3) is 1.00. The average molecular weight is 262 g/mol. The molecule has 0 unspecified atom stereocenters. The minimum Gasteiger partial charge on any atom is -0.396 e. The molecule has 0 amide bonds. The molecule has 0 aromatic carbocycles. The zero-order valence-corrected chi connectivity index (χ0v) is 10.9. The summed E-state index contributed by atoms with van der Waals surface area (Å²) in [5, 5.41) is 8.43. The van der Waals surface area contributed by atoms with Gasteiger partial charge in [-0.3, -0.25) is 9.11 Å². The Morgan fingerprint density at radius 1 is 1.00 bits per heavy atom. The molecule has 0 saturated carbocycles. The molecule has 0 radical (unpaired) electrons. The van der Waals surface area contributed by atoms with E-state index in [4.69, 9.17) is 22.6 Å². The second-order valence-corrected chi connectivity index (χ2v) is 4.31. The molecule has 0 aliphatic carbocycles. The third kappa shape index (κ3) is 67.6. The van der Waals surface area contributed by atoms with Crippen LogP contribution in [-0.4, -0.2) is 29.2 Å². The Hall–Kier alpha value is -0.250. The lowest BCUT2D eigenvalue weighted by molar-refractivity contribution is 0.281. The van der Waals surface area contributed by atoms with Crippen LogP contribution in [0.3, 0.4) is 0 Å². The minimum absolute atomic E-state index is 0. The summed E-state index contributed by atoms with van der Waals surface area (Å²) in [5.74, 6) is 0.823. The zero-order valence-electron chi connectivity index (χ0n) is 10.1. The van der Waals surface area contributed by atoms with E-state index in [-0.39, 0.29) is 12.3 Å². The van der Waals surface area contributed by atoms with Crippen molar-refractivity contribution in [1.29, 1.82) is 0 Å². The molecule has 8 heteroatoms. The van der Waals surface area contributed by atoms with E-state index < -0.39 is 10.4 Å². The second-order valence-electron chi connectivity index (χ2n) is 3.41. The summed E-state index contributed by atoms with van der Waals surface area (Å²) in [7, 11) is -4.67. The van der Waals surface area contributed by atoms with Crippen LogP contribution in [0.25, 0.3) is 0 Å². The molecule has 0 heterocycles. The number of aliphatic hydroxyl groups is 1. The van der Waals surface area contributed by atoms with Crippen molar-refractivity contribution in [3.8, 4) is 0 Å². The number of unbranched alkanes of at least 4 members (excludes halogenated alkanes) is 2. The van der Waals surface area contributed by atoms with Gasteiger partial charge in [0, 0.05) is 6.61 Å². The van der Waals surface area contributed by atoms with E-state index in [2.05, 4.69) is 13.8 Å². The van der Waals surface area contributed by atoms with Gasteiger partial charge in [0.1, 0.15) is 0 Å². The predicted octanol–water partition coefficient (Wildman–Crippen LogP) is 1.87. The van der Waals surface area contributed by atoms with Gasteiger partial charge in [-0.1, -0.05) is 33.1 Å². The molecule has 0 rings (SSSR count). The minimum atomic E-state index is -4.67. The van der Waals surface area contributed by atoms with Gasteiger partial charge in [0.15, 0.2) is 0 Å². The van der Waals surface area contributed by atoms with E-state index in [1.807, 2.05) is 0 Å². The van der Waals surface area contributed by atoms with Crippen LogP contribution in [0.5, 0.6) is 0 Å². The molecule has 0 bridgehead atoms. The molecular formula is C8H26N2O5S. The van der Waals surface area contributed by atoms with Gasteiger partial charge in [0.25, 0.3) is 0 Å². The number of hydrogen-bond donors (Lipinski definition) is 5. The van der Waals surface area contributed by atoms with Crippen LogP contribution in [0, 0.1) is 5.92 Å². The summed E-state index contributed by atoms with van der Waals surface area (Å²) in [6.07, 6.45) is 4.75. The van der Waals surface area contributed by atoms with Gasteiger partial charge < -0.3 is 17.4 Å². The highest BCUT2D eigenvalue weighted by Gasteiger charge is 1.92. The average Bonchev–Trinajstić information content (AvgIpc) is 1.94. The summed E-state index contributed by atoms with van der Waals surface area (Å²) in [5.41, 5.74) is 0. The van der Waals surface area contributed by atoms with E-state index in [1.54, 1.807) is 0 Å². The van der Waals surface area contributed by atoms with Crippen molar-refractivity contribution in [3.05, 3.63) is 0 Å². The Kier molecular flexibility index (Phi) is 22.9. The number of hydrogen-bond acceptors (Lipinski definition) is 5. The Morgan fingerprint density at radius 3 is 1.62 bits per heavy atom. The van der Waals surface area contributed by atoms with Crippen molar-refractivity contribution in [3.63, 3.8) is 0 Å². The lowest BCUT2D eigenvalue weighted by Crippen LogP contribution is -1.89. The van der Waals surface area contributed by atoms with Crippen LogP contribution in [0.2, 0.25) is 0 Å². The van der Waals surface area contributed by atoms with Gasteiger partial charge in [-0.05, 0) is 12.3 Å². The van der Waals surface area contributed by atoms with Gasteiger partial charge in [0.2, 0.25) is 0 Å². The Morgan fingerprint density at radius 2 is 1.38 bits per heavy atom. The standard InChI is InChI=1S/C8H18O.2H3N.H2O4S/c1-8(2)6-4-3-5-7-9;;;1-5(2,3)4/h8-9H,3-7H2,1-2H3;2*1H3;(H2,1,2,3,4). The maximum atomic E-state index is 8.74. The van der Waals surface area contributed by atoms with E-state index >= 15 is 0 Å². The summed E-state index contributed by atoms with van der Waals surface area (Å²) >= 11 is 0. The largest absolute Gasteiger partial charge is 0.396 e. The quantitative estimate of drug-likeness (QED) is 0.372. The van der Waals surface area contributed by atoms with Gasteiger partial charge in [-0.15, -0.1) is 0 Å². The van der Waals surface area contributed by atoms with Crippen molar-refractivity contribution in [2.75, 3.05) is 6.61 Å². The third-order valence-corrected chi connectivity index (χ3v) is 1.44. The summed E-state index contributed by atoms with van der Waals surface area (Å²) < 4.78 is 31.6. The van der Waals surface area contributed by atoms with Crippen LogP contribution < -0.4 is 12.3 Å². The predicted molar refractivity (Wildman–Crippen MR) is 64.6 cm³/mol. The summed E-state index contributed by atoms with van der Waals surface area (Å²) in [6, 6.07) is 0. The molecular weight excluding hydrogens is 236 g/mol. The maximum Gasteiger partial charge on any atom is 0.394 e. The molecule has 0 aromatic heterocycles. The van der Waals surface area contributed by atoms with Crippen LogP contribution in [-0.2, 0) is 10.4 Å². The normalized spacial score (nSPS) is 9.62. The van der Waals surface area contributed by atoms with Gasteiger partial charge >= 0.3 is 10.4 Å². The smallest absolute Gasteiger partial charge is 0.394 e. The SMILES string of the molecule is CC(C)CCCCCO.N.N.O=S(=O)(O)O. The fourth-order valence-electron chi connectivity index (χ4n) is 0.841. The van der Waals surface area contributed by atoms with Crippen molar-refractivity contribution in [2.45, 2.75) is 39.5 Å². The van der Waals surface area contributed by atoms with Crippen LogP contribution in [0.4, 0.5) is 0 Å². The molecule has 0 fully saturated rings.